The Labute approximate surface area is 148 Å². The van der Waals surface area contributed by atoms with Crippen molar-refractivity contribution in [3.8, 4) is 21.8 Å². The third-order valence-corrected chi connectivity index (χ3v) is 5.11. The Morgan fingerprint density at radius 1 is 1.36 bits per heavy atom. The number of anilines is 2. The molecule has 8 heteroatoms. The van der Waals surface area contributed by atoms with E-state index in [1.807, 2.05) is 25.3 Å². The third kappa shape index (κ3) is 2.89. The monoisotopic (exact) mass is 354 g/mol. The summed E-state index contributed by atoms with van der Waals surface area (Å²) >= 11 is 1.48. The molecule has 0 radical (unpaired) electrons. The smallest absolute Gasteiger partial charge is 0.223 e. The molecular formula is C17H18N6OS. The van der Waals surface area contributed by atoms with Crippen LogP contribution in [0, 0.1) is 0 Å². The summed E-state index contributed by atoms with van der Waals surface area (Å²) in [6.07, 6.45) is 3.56. The predicted octanol–water partition coefficient (Wildman–Crippen LogP) is 3.08. The maximum Gasteiger partial charge on any atom is 0.223 e. The zero-order valence-corrected chi connectivity index (χ0v) is 14.8. The zero-order valence-electron chi connectivity index (χ0n) is 14.0. The summed E-state index contributed by atoms with van der Waals surface area (Å²) in [7, 11) is 0. The van der Waals surface area contributed by atoms with Gasteiger partial charge in [-0.3, -0.25) is 9.89 Å². The van der Waals surface area contributed by atoms with Crippen molar-refractivity contribution in [3.63, 3.8) is 0 Å². The Balaban J connectivity index is 1.69. The molecule has 4 rings (SSSR count). The lowest BCUT2D eigenvalue weighted by atomic mass is 9.96. The van der Waals surface area contributed by atoms with E-state index in [4.69, 9.17) is 0 Å². The molecule has 3 aromatic rings. The molecule has 1 aliphatic carbocycles. The normalized spacial score (nSPS) is 12.4. The highest BCUT2D eigenvalue weighted by Crippen LogP contribution is 2.41. The molecular weight excluding hydrogens is 336 g/mol. The summed E-state index contributed by atoms with van der Waals surface area (Å²) < 4.78 is 0. The number of amides is 1. The first-order chi connectivity index (χ1) is 12.2. The van der Waals surface area contributed by atoms with Crippen LogP contribution in [0.4, 0.5) is 10.9 Å². The molecule has 0 atom stereocenters. The van der Waals surface area contributed by atoms with Crippen LogP contribution in [0.3, 0.4) is 0 Å². The van der Waals surface area contributed by atoms with Gasteiger partial charge in [0.25, 0.3) is 0 Å². The molecule has 0 fully saturated rings. The largest absolute Gasteiger partial charge is 0.370 e. The van der Waals surface area contributed by atoms with Crippen molar-refractivity contribution in [2.45, 2.75) is 26.7 Å². The fourth-order valence-electron chi connectivity index (χ4n) is 3.02. The highest BCUT2D eigenvalue weighted by molar-refractivity contribution is 7.19. The van der Waals surface area contributed by atoms with Crippen LogP contribution < -0.4 is 10.6 Å². The molecule has 0 unspecified atom stereocenters. The molecule has 0 saturated heterocycles. The molecule has 0 aliphatic heterocycles. The first-order valence-electron chi connectivity index (χ1n) is 8.21. The second-order valence-electron chi connectivity index (χ2n) is 5.86. The van der Waals surface area contributed by atoms with Crippen molar-refractivity contribution in [2.24, 2.45) is 0 Å². The topological polar surface area (TPSA) is 95.6 Å². The fraction of sp³-hybridized carbons (Fsp3) is 0.294. The first-order valence-corrected chi connectivity index (χ1v) is 9.02. The van der Waals surface area contributed by atoms with E-state index in [1.165, 1.54) is 23.8 Å². The molecule has 0 spiro atoms. The summed E-state index contributed by atoms with van der Waals surface area (Å²) in [6.45, 7) is 4.38. The van der Waals surface area contributed by atoms with Gasteiger partial charge in [0.1, 0.15) is 5.82 Å². The van der Waals surface area contributed by atoms with E-state index in [9.17, 15) is 4.79 Å². The van der Waals surface area contributed by atoms with Crippen LogP contribution in [0.15, 0.2) is 18.3 Å². The summed E-state index contributed by atoms with van der Waals surface area (Å²) in [4.78, 5) is 21.3. The number of aromatic amines is 1. The standard InChI is InChI=1S/C17H18N6OS/c1-3-18-13-7-4-10(8-19-13)14-11-5-6-12-16(15(11)23-22-14)25-17(21-12)20-9(2)24/h4,7-8H,3,5-6H2,1-2H3,(H,18,19)(H,22,23)(H,20,21,24). The van der Waals surface area contributed by atoms with Crippen molar-refractivity contribution in [2.75, 3.05) is 17.2 Å². The minimum atomic E-state index is -0.108. The number of hydrogen-bond donors (Lipinski definition) is 3. The number of H-pyrrole nitrogens is 1. The van der Waals surface area contributed by atoms with Crippen molar-refractivity contribution in [3.05, 3.63) is 29.6 Å². The average molecular weight is 354 g/mol. The van der Waals surface area contributed by atoms with Crippen molar-refractivity contribution < 1.29 is 4.79 Å². The van der Waals surface area contributed by atoms with Gasteiger partial charge in [-0.1, -0.05) is 11.3 Å². The van der Waals surface area contributed by atoms with Crippen molar-refractivity contribution >= 4 is 28.2 Å². The number of thiazole rings is 1. The van der Waals surface area contributed by atoms with Crippen LogP contribution in [0.2, 0.25) is 0 Å². The van der Waals surface area contributed by atoms with E-state index in [-0.39, 0.29) is 5.91 Å². The van der Waals surface area contributed by atoms with Crippen LogP contribution >= 0.6 is 11.3 Å². The molecule has 128 valence electrons. The van der Waals surface area contributed by atoms with Crippen molar-refractivity contribution in [1.29, 1.82) is 0 Å². The van der Waals surface area contributed by atoms with Gasteiger partial charge < -0.3 is 10.6 Å². The van der Waals surface area contributed by atoms with Gasteiger partial charge in [-0.2, -0.15) is 5.10 Å². The highest BCUT2D eigenvalue weighted by Gasteiger charge is 2.26. The number of nitrogens with zero attached hydrogens (tertiary/aromatic N) is 3. The van der Waals surface area contributed by atoms with Gasteiger partial charge in [-0.05, 0) is 31.9 Å². The van der Waals surface area contributed by atoms with E-state index in [1.54, 1.807) is 0 Å². The summed E-state index contributed by atoms with van der Waals surface area (Å²) in [5.74, 6) is 0.754. The molecule has 3 aromatic heterocycles. The zero-order chi connectivity index (χ0) is 17.4. The maximum absolute atomic E-state index is 11.3. The van der Waals surface area contributed by atoms with Gasteiger partial charge in [0.15, 0.2) is 5.13 Å². The number of rotatable bonds is 4. The summed E-state index contributed by atoms with van der Waals surface area (Å²) in [5.41, 5.74) is 5.13. The van der Waals surface area contributed by atoms with Gasteiger partial charge in [-0.25, -0.2) is 9.97 Å². The van der Waals surface area contributed by atoms with Gasteiger partial charge in [0.2, 0.25) is 5.91 Å². The van der Waals surface area contributed by atoms with Crippen LogP contribution in [-0.2, 0) is 17.6 Å². The molecule has 0 bridgehead atoms. The van der Waals surface area contributed by atoms with Crippen molar-refractivity contribution in [1.82, 2.24) is 20.2 Å². The Bertz CT molecular complexity index is 927. The Morgan fingerprint density at radius 2 is 2.24 bits per heavy atom. The van der Waals surface area contributed by atoms with Gasteiger partial charge in [0.05, 0.1) is 22.0 Å². The lowest BCUT2D eigenvalue weighted by Crippen LogP contribution is -2.06. The molecule has 3 N–H and O–H groups in total. The quantitative estimate of drug-likeness (QED) is 0.669. The number of carbonyl (C=O) groups excluding carboxylic acids is 1. The SMILES string of the molecule is CCNc1ccc(-c2n[nH]c3c2CCc2nc(NC(C)=O)sc2-3)cn1. The molecule has 0 saturated carbocycles. The second-order valence-corrected chi connectivity index (χ2v) is 6.86. The molecule has 7 nitrogen and oxygen atoms in total. The Hall–Kier alpha value is -2.74. The number of aromatic nitrogens is 4. The van der Waals surface area contributed by atoms with Crippen LogP contribution in [0.1, 0.15) is 25.1 Å². The van der Waals surface area contributed by atoms with Crippen LogP contribution in [0.25, 0.3) is 21.8 Å². The van der Waals surface area contributed by atoms with E-state index >= 15 is 0 Å². The predicted molar refractivity (Wildman–Crippen MR) is 98.8 cm³/mol. The van der Waals surface area contributed by atoms with Gasteiger partial charge in [-0.15, -0.1) is 0 Å². The number of hydrogen-bond acceptors (Lipinski definition) is 6. The van der Waals surface area contributed by atoms with E-state index in [0.717, 1.165) is 52.7 Å². The minimum Gasteiger partial charge on any atom is -0.370 e. The van der Waals surface area contributed by atoms with Gasteiger partial charge >= 0.3 is 0 Å². The number of carbonyl (C=O) groups is 1. The van der Waals surface area contributed by atoms with Crippen LogP contribution in [-0.4, -0.2) is 32.6 Å². The number of nitrogens with one attached hydrogen (secondary N) is 3. The molecule has 3 heterocycles. The summed E-state index contributed by atoms with van der Waals surface area (Å²) in [5, 5.41) is 14.3. The lowest BCUT2D eigenvalue weighted by molar-refractivity contribution is -0.114. The molecule has 0 aromatic carbocycles. The average Bonchev–Trinajstić information content (AvgIpc) is 3.18. The highest BCUT2D eigenvalue weighted by atomic mass is 32.1. The van der Waals surface area contributed by atoms with Crippen LogP contribution in [0.5, 0.6) is 0 Å². The molecule has 25 heavy (non-hydrogen) atoms. The molecule has 1 amide bonds. The lowest BCUT2D eigenvalue weighted by Gasteiger charge is -2.11. The second kappa shape index (κ2) is 6.29. The third-order valence-electron chi connectivity index (χ3n) is 4.08. The van der Waals surface area contributed by atoms with E-state index < -0.39 is 0 Å². The fourth-order valence-corrected chi connectivity index (χ4v) is 4.10. The maximum atomic E-state index is 11.3. The Morgan fingerprint density at radius 3 is 2.96 bits per heavy atom. The summed E-state index contributed by atoms with van der Waals surface area (Å²) in [6, 6.07) is 4.00. The first kappa shape index (κ1) is 15.8. The van der Waals surface area contributed by atoms with E-state index in [0.29, 0.717) is 5.13 Å². The minimum absolute atomic E-state index is 0.108. The van der Waals surface area contributed by atoms with E-state index in [2.05, 4.69) is 30.8 Å². The number of aryl methyl sites for hydroxylation is 1. The number of pyridine rings is 1. The number of fused-ring (bicyclic) bond motifs is 3. The van der Waals surface area contributed by atoms with Gasteiger partial charge in [0, 0.05) is 30.8 Å². The Kier molecular flexibility index (Phi) is 3.96. The molecule has 1 aliphatic rings.